The fourth-order valence-corrected chi connectivity index (χ4v) is 7.39. The molecule has 1 radical (unpaired) electrons. The number of rotatable bonds is 5. The van der Waals surface area contributed by atoms with E-state index in [9.17, 15) is 0 Å². The van der Waals surface area contributed by atoms with Crippen molar-refractivity contribution < 1.29 is 21.5 Å². The van der Waals surface area contributed by atoms with Crippen LogP contribution in [-0.2, 0) is 20.1 Å². The third kappa shape index (κ3) is 7.40. The molecule has 7 rings (SSSR count). The van der Waals surface area contributed by atoms with Gasteiger partial charge in [0, 0.05) is 38.6 Å². The van der Waals surface area contributed by atoms with Gasteiger partial charge in [0.25, 0.3) is 0 Å². The smallest absolute Gasteiger partial charge is 0.0795 e. The van der Waals surface area contributed by atoms with Crippen LogP contribution in [0, 0.1) is 12.1 Å². The van der Waals surface area contributed by atoms with Gasteiger partial charge in [-0.1, -0.05) is 99.0 Å². The van der Waals surface area contributed by atoms with E-state index in [2.05, 4.69) is 102 Å². The van der Waals surface area contributed by atoms with E-state index >= 15 is 0 Å². The third-order valence-corrected chi connectivity index (χ3v) is 11.0. The Morgan fingerprint density at radius 3 is 2.22 bits per heavy atom. The molecule has 7 aromatic rings. The third-order valence-electron chi connectivity index (χ3n) is 7.75. The van der Waals surface area contributed by atoms with Crippen molar-refractivity contribution in [2.75, 3.05) is 0 Å². The van der Waals surface area contributed by atoms with E-state index in [0.29, 0.717) is 0 Å². The van der Waals surface area contributed by atoms with Crippen LogP contribution in [0.2, 0.25) is 19.6 Å². The molecule has 0 spiro atoms. The average Bonchev–Trinajstić information content (AvgIpc) is 3.43. The van der Waals surface area contributed by atoms with Crippen LogP contribution in [0.3, 0.4) is 0 Å². The van der Waals surface area contributed by atoms with Gasteiger partial charge in [0.2, 0.25) is 0 Å². The van der Waals surface area contributed by atoms with Crippen molar-refractivity contribution in [3.8, 4) is 33.6 Å². The normalized spacial score (nSPS) is 11.8. The van der Waals surface area contributed by atoms with Gasteiger partial charge in [-0.3, -0.25) is 0 Å². The Morgan fingerprint density at radius 2 is 1.53 bits per heavy atom. The molecule has 3 aromatic heterocycles. The van der Waals surface area contributed by atoms with Crippen molar-refractivity contribution in [1.29, 1.82) is 0 Å². The predicted molar refractivity (Wildman–Crippen MR) is 192 cm³/mol. The topological polar surface area (TPSA) is 25.8 Å². The van der Waals surface area contributed by atoms with E-state index in [1.54, 1.807) is 17.5 Å². The molecule has 4 aromatic carbocycles. The first kappa shape index (κ1) is 31.3. The van der Waals surface area contributed by atoms with Gasteiger partial charge in [0.15, 0.2) is 0 Å². The van der Waals surface area contributed by atoms with Crippen molar-refractivity contribution in [3.63, 3.8) is 0 Å². The fourth-order valence-electron chi connectivity index (χ4n) is 5.17. The molecular formula is C40H36IrN2SSi-2. The second-order valence-corrected chi connectivity index (χ2v) is 18.3. The Labute approximate surface area is 287 Å². The summed E-state index contributed by atoms with van der Waals surface area (Å²) in [6.07, 6.45) is 3.82. The van der Waals surface area contributed by atoms with E-state index in [4.69, 9.17) is 1.37 Å². The Hall–Kier alpha value is -3.73. The predicted octanol–water partition coefficient (Wildman–Crippen LogP) is 10.8. The quantitative estimate of drug-likeness (QED) is 0.128. The van der Waals surface area contributed by atoms with Crippen LogP contribution in [0.1, 0.15) is 26.7 Å². The summed E-state index contributed by atoms with van der Waals surface area (Å²) >= 11 is 1.78. The van der Waals surface area contributed by atoms with Gasteiger partial charge in [0.1, 0.15) is 0 Å². The Balaban J connectivity index is 0.000000209. The van der Waals surface area contributed by atoms with Crippen molar-refractivity contribution >= 4 is 44.8 Å². The zero-order valence-corrected chi connectivity index (χ0v) is 30.4. The first-order valence-electron chi connectivity index (χ1n) is 15.4. The molecule has 0 aliphatic carbocycles. The molecule has 2 nitrogen and oxygen atoms in total. The van der Waals surface area contributed by atoms with Gasteiger partial charge in [-0.2, -0.15) is 11.3 Å². The first-order chi connectivity index (χ1) is 21.6. The van der Waals surface area contributed by atoms with Gasteiger partial charge in [-0.05, 0) is 61.9 Å². The summed E-state index contributed by atoms with van der Waals surface area (Å²) in [6, 6.07) is 44.1. The van der Waals surface area contributed by atoms with Crippen LogP contribution >= 0.6 is 11.3 Å². The minimum Gasteiger partial charge on any atom is -0.305 e. The fraction of sp³-hybridized carbons (Fsp3) is 0.150. The molecule has 0 saturated heterocycles. The van der Waals surface area contributed by atoms with Gasteiger partial charge in [0.05, 0.1) is 8.07 Å². The molecule has 0 amide bonds. The minimum absolute atomic E-state index is 0. The van der Waals surface area contributed by atoms with Crippen molar-refractivity contribution in [2.45, 2.75) is 39.4 Å². The molecule has 3 heterocycles. The van der Waals surface area contributed by atoms with Crippen molar-refractivity contribution in [3.05, 3.63) is 139 Å². The van der Waals surface area contributed by atoms with Crippen LogP contribution < -0.4 is 5.19 Å². The Bertz CT molecular complexity index is 2060. The summed E-state index contributed by atoms with van der Waals surface area (Å²) in [4.78, 5) is 9.12. The number of aromatic nitrogens is 2. The van der Waals surface area contributed by atoms with Crippen LogP contribution in [0.5, 0.6) is 0 Å². The van der Waals surface area contributed by atoms with Crippen molar-refractivity contribution in [1.82, 2.24) is 9.97 Å². The molecule has 0 N–H and O–H groups in total. The summed E-state index contributed by atoms with van der Waals surface area (Å²) in [5.74, 6) is -0.656. The van der Waals surface area contributed by atoms with E-state index in [-0.39, 0.29) is 20.1 Å². The summed E-state index contributed by atoms with van der Waals surface area (Å²) < 4.78 is 10.8. The second kappa shape index (κ2) is 14.1. The van der Waals surface area contributed by atoms with Crippen molar-refractivity contribution in [2.24, 2.45) is 0 Å². The van der Waals surface area contributed by atoms with Crippen LogP contribution in [0.25, 0.3) is 53.8 Å². The molecule has 45 heavy (non-hydrogen) atoms. The second-order valence-electron chi connectivity index (χ2n) is 12.2. The van der Waals surface area contributed by atoms with E-state index in [1.807, 2.05) is 68.6 Å². The van der Waals surface area contributed by atoms with E-state index < -0.39 is 14.0 Å². The molecule has 0 atom stereocenters. The first-order valence-corrected chi connectivity index (χ1v) is 19.2. The maximum Gasteiger partial charge on any atom is 0.0795 e. The number of benzene rings is 4. The zero-order chi connectivity index (χ0) is 31.6. The molecule has 227 valence electrons. The number of fused-ring (bicyclic) bond motifs is 3. The summed E-state index contributed by atoms with van der Waals surface area (Å²) in [6.45, 7) is 10.8. The maximum atomic E-state index is 8.35. The molecule has 0 aliphatic heterocycles. The largest absolute Gasteiger partial charge is 0.305 e. The summed E-state index contributed by atoms with van der Waals surface area (Å²) in [5, 5.41) is 3.89. The molecule has 5 heteroatoms. The minimum atomic E-state index is -1.23. The van der Waals surface area contributed by atoms with E-state index in [1.165, 1.54) is 36.5 Å². The average molecular weight is 798 g/mol. The maximum absolute atomic E-state index is 8.35. The molecule has 0 aliphatic rings. The number of hydrogen-bond acceptors (Lipinski definition) is 3. The number of hydrogen-bond donors (Lipinski definition) is 0. The number of pyridine rings is 2. The van der Waals surface area contributed by atoms with Gasteiger partial charge >= 0.3 is 0 Å². The number of thiophene rings is 1. The van der Waals surface area contributed by atoms with Crippen LogP contribution in [0.15, 0.2) is 122 Å². The molecule has 0 unspecified atom stereocenters. The van der Waals surface area contributed by atoms with Gasteiger partial charge in [-0.25, -0.2) is 0 Å². The molecule has 0 saturated carbocycles. The molecule has 0 bridgehead atoms. The Kier molecular flexibility index (Phi) is 9.82. The van der Waals surface area contributed by atoms with Crippen LogP contribution in [0.4, 0.5) is 0 Å². The molecule has 0 fully saturated rings. The summed E-state index contributed by atoms with van der Waals surface area (Å²) in [7, 11) is -1.23. The monoisotopic (exact) mass is 798 g/mol. The Morgan fingerprint density at radius 1 is 0.733 bits per heavy atom. The van der Waals surface area contributed by atoms with Crippen LogP contribution in [-0.4, -0.2) is 18.0 Å². The number of nitrogens with zero attached hydrogens (tertiary/aromatic N) is 2. The summed E-state index contributed by atoms with van der Waals surface area (Å²) in [5.41, 5.74) is 7.36. The SMILES string of the molecule is C[Si](C)(C)c1ccc(-c2[c-]cccc2)nc1.[2H]C(C)(C)c1ccnc(-c2[c-]ccc3c2sc2ccc(-c4ccccc4)cc23)c1.[Ir]. The van der Waals surface area contributed by atoms with E-state index in [0.717, 1.165) is 28.1 Å². The zero-order valence-electron chi connectivity index (χ0n) is 27.2. The standard InChI is InChI=1S/C26H20NS.C14H16NSi.Ir/c1-17(2)19-13-14-27-24(16-19)22-10-6-9-21-23-15-20(18-7-4-3-5-8-18)11-12-25(23)28-26(21)22;1-16(2,3)13-9-10-14(15-11-13)12-7-5-4-6-8-12;/h3-9,11-17H,1-2H3;4-7,9-11H,1-3H3;/q2*-1;/i17D;;. The molecular weight excluding hydrogens is 761 g/mol. The van der Waals surface area contributed by atoms with Gasteiger partial charge in [-0.15, -0.1) is 59.7 Å². The van der Waals surface area contributed by atoms with Gasteiger partial charge < -0.3 is 9.97 Å².